The van der Waals surface area contributed by atoms with Gasteiger partial charge in [-0.1, -0.05) is 36.4 Å². The summed E-state index contributed by atoms with van der Waals surface area (Å²) in [5.41, 5.74) is 1.81. The van der Waals surface area contributed by atoms with Crippen molar-refractivity contribution in [1.29, 1.82) is 0 Å². The van der Waals surface area contributed by atoms with E-state index >= 15 is 0 Å². The molecule has 0 unspecified atom stereocenters. The van der Waals surface area contributed by atoms with E-state index in [9.17, 15) is 9.18 Å². The second kappa shape index (κ2) is 8.06. The van der Waals surface area contributed by atoms with Crippen LogP contribution in [0.3, 0.4) is 0 Å². The van der Waals surface area contributed by atoms with Crippen molar-refractivity contribution in [3.63, 3.8) is 0 Å². The fourth-order valence-corrected chi connectivity index (χ4v) is 3.13. The lowest BCUT2D eigenvalue weighted by molar-refractivity contribution is 0.0635. The van der Waals surface area contributed by atoms with Crippen LogP contribution in [0, 0.1) is 5.82 Å². The number of rotatable bonds is 5. The van der Waals surface area contributed by atoms with Crippen molar-refractivity contribution in [1.82, 2.24) is 9.80 Å². The van der Waals surface area contributed by atoms with E-state index in [2.05, 4.69) is 29.2 Å². The molecule has 0 spiro atoms. The zero-order chi connectivity index (χ0) is 16.8. The van der Waals surface area contributed by atoms with Crippen LogP contribution in [-0.4, -0.2) is 48.4 Å². The first-order chi connectivity index (χ1) is 11.7. The summed E-state index contributed by atoms with van der Waals surface area (Å²) < 4.78 is 13.3. The fourth-order valence-electron chi connectivity index (χ4n) is 3.13. The van der Waals surface area contributed by atoms with Gasteiger partial charge in [0.2, 0.25) is 0 Å². The molecule has 1 amide bonds. The molecule has 2 aromatic rings. The van der Waals surface area contributed by atoms with Gasteiger partial charge in [-0.2, -0.15) is 0 Å². The molecule has 3 rings (SSSR count). The molecular formula is C20H23FN2O. The number of benzene rings is 2. The number of aryl methyl sites for hydroxylation is 1. The maximum absolute atomic E-state index is 13.3. The summed E-state index contributed by atoms with van der Waals surface area (Å²) >= 11 is 0. The molecule has 0 aromatic heterocycles. The Hall–Kier alpha value is -2.20. The molecule has 0 radical (unpaired) electrons. The molecule has 2 aromatic carbocycles. The van der Waals surface area contributed by atoms with Crippen LogP contribution >= 0.6 is 0 Å². The highest BCUT2D eigenvalue weighted by atomic mass is 19.1. The van der Waals surface area contributed by atoms with Crippen molar-refractivity contribution in [2.45, 2.75) is 12.8 Å². The highest BCUT2D eigenvalue weighted by Crippen LogP contribution is 2.11. The predicted octanol–water partition coefficient (Wildman–Crippen LogP) is 3.22. The monoisotopic (exact) mass is 326 g/mol. The third kappa shape index (κ3) is 4.42. The minimum atomic E-state index is -0.361. The third-order valence-corrected chi connectivity index (χ3v) is 4.51. The van der Waals surface area contributed by atoms with Gasteiger partial charge in [0.25, 0.3) is 5.91 Å². The fraction of sp³-hybridized carbons (Fsp3) is 0.350. The normalized spacial score (nSPS) is 15.5. The Balaban J connectivity index is 1.43. The molecule has 1 fully saturated rings. The van der Waals surface area contributed by atoms with E-state index in [1.54, 1.807) is 12.1 Å². The Bertz CT molecular complexity index is 666. The average Bonchev–Trinajstić information content (AvgIpc) is 2.63. The molecule has 0 bridgehead atoms. The largest absolute Gasteiger partial charge is 0.336 e. The maximum Gasteiger partial charge on any atom is 0.254 e. The molecule has 24 heavy (non-hydrogen) atoms. The van der Waals surface area contributed by atoms with Crippen LogP contribution in [0.2, 0.25) is 0 Å². The van der Waals surface area contributed by atoms with Gasteiger partial charge in [0.15, 0.2) is 0 Å². The highest BCUT2D eigenvalue weighted by Gasteiger charge is 2.21. The predicted molar refractivity (Wildman–Crippen MR) is 93.5 cm³/mol. The zero-order valence-electron chi connectivity index (χ0n) is 13.8. The number of carbonyl (C=O) groups is 1. The number of nitrogens with zero attached hydrogens (tertiary/aromatic N) is 2. The minimum Gasteiger partial charge on any atom is -0.336 e. The summed E-state index contributed by atoms with van der Waals surface area (Å²) in [6.45, 7) is 4.24. The van der Waals surface area contributed by atoms with Crippen LogP contribution in [0.15, 0.2) is 54.6 Å². The van der Waals surface area contributed by atoms with Gasteiger partial charge in [0.1, 0.15) is 5.82 Å². The Morgan fingerprint density at radius 1 is 0.958 bits per heavy atom. The summed E-state index contributed by atoms with van der Waals surface area (Å²) in [5.74, 6) is -0.432. The summed E-state index contributed by atoms with van der Waals surface area (Å²) in [6.07, 6.45) is 2.21. The van der Waals surface area contributed by atoms with Crippen LogP contribution in [0.25, 0.3) is 0 Å². The maximum atomic E-state index is 13.3. The summed E-state index contributed by atoms with van der Waals surface area (Å²) in [6, 6.07) is 16.5. The Labute approximate surface area is 142 Å². The number of hydrogen-bond acceptors (Lipinski definition) is 2. The van der Waals surface area contributed by atoms with Crippen LogP contribution in [-0.2, 0) is 6.42 Å². The molecule has 1 heterocycles. The third-order valence-electron chi connectivity index (χ3n) is 4.51. The van der Waals surface area contributed by atoms with Crippen molar-refractivity contribution < 1.29 is 9.18 Å². The second-order valence-corrected chi connectivity index (χ2v) is 6.23. The molecule has 3 nitrogen and oxygen atoms in total. The van der Waals surface area contributed by atoms with Crippen molar-refractivity contribution in [2.75, 3.05) is 32.7 Å². The van der Waals surface area contributed by atoms with Gasteiger partial charge in [-0.05, 0) is 43.1 Å². The van der Waals surface area contributed by atoms with Crippen molar-refractivity contribution in [2.24, 2.45) is 0 Å². The Morgan fingerprint density at radius 2 is 1.71 bits per heavy atom. The van der Waals surface area contributed by atoms with Gasteiger partial charge >= 0.3 is 0 Å². The molecule has 1 saturated heterocycles. The lowest BCUT2D eigenvalue weighted by Crippen LogP contribution is -2.48. The van der Waals surface area contributed by atoms with E-state index in [0.717, 1.165) is 32.5 Å². The van der Waals surface area contributed by atoms with Gasteiger partial charge in [0.05, 0.1) is 0 Å². The first-order valence-corrected chi connectivity index (χ1v) is 8.53. The van der Waals surface area contributed by atoms with E-state index in [1.807, 2.05) is 11.0 Å². The summed E-state index contributed by atoms with van der Waals surface area (Å²) in [4.78, 5) is 16.6. The number of amides is 1. The van der Waals surface area contributed by atoms with Crippen molar-refractivity contribution >= 4 is 5.91 Å². The molecule has 0 N–H and O–H groups in total. The minimum absolute atomic E-state index is 0.0709. The molecule has 0 saturated carbocycles. The molecular weight excluding hydrogens is 303 g/mol. The number of hydrogen-bond donors (Lipinski definition) is 0. The molecule has 1 aliphatic rings. The number of halogens is 1. The standard InChI is InChI=1S/C20H23FN2O/c21-19-10-4-9-18(16-19)20(24)23-14-12-22(13-15-23)11-5-8-17-6-2-1-3-7-17/h1-4,6-7,9-10,16H,5,8,11-15H2. The summed E-state index contributed by atoms with van der Waals surface area (Å²) in [7, 11) is 0. The Kier molecular flexibility index (Phi) is 5.59. The quantitative estimate of drug-likeness (QED) is 0.842. The van der Waals surface area contributed by atoms with Crippen LogP contribution in [0.1, 0.15) is 22.3 Å². The molecule has 126 valence electrons. The lowest BCUT2D eigenvalue weighted by Gasteiger charge is -2.34. The highest BCUT2D eigenvalue weighted by molar-refractivity contribution is 5.94. The van der Waals surface area contributed by atoms with E-state index < -0.39 is 0 Å². The lowest BCUT2D eigenvalue weighted by atomic mass is 10.1. The van der Waals surface area contributed by atoms with E-state index in [0.29, 0.717) is 18.7 Å². The number of carbonyl (C=O) groups excluding carboxylic acids is 1. The number of piperazine rings is 1. The smallest absolute Gasteiger partial charge is 0.254 e. The van der Waals surface area contributed by atoms with Crippen molar-refractivity contribution in [3.8, 4) is 0 Å². The van der Waals surface area contributed by atoms with Crippen molar-refractivity contribution in [3.05, 3.63) is 71.5 Å². The van der Waals surface area contributed by atoms with Gasteiger partial charge < -0.3 is 4.90 Å². The van der Waals surface area contributed by atoms with E-state index in [1.165, 1.54) is 17.7 Å². The second-order valence-electron chi connectivity index (χ2n) is 6.23. The summed E-state index contributed by atoms with van der Waals surface area (Å²) in [5, 5.41) is 0. The van der Waals surface area contributed by atoms with E-state index in [4.69, 9.17) is 0 Å². The van der Waals surface area contributed by atoms with Crippen LogP contribution < -0.4 is 0 Å². The topological polar surface area (TPSA) is 23.6 Å². The van der Waals surface area contributed by atoms with Gasteiger partial charge in [-0.3, -0.25) is 9.69 Å². The van der Waals surface area contributed by atoms with Crippen LogP contribution in [0.5, 0.6) is 0 Å². The molecule has 0 aliphatic carbocycles. The average molecular weight is 326 g/mol. The molecule has 4 heteroatoms. The van der Waals surface area contributed by atoms with E-state index in [-0.39, 0.29) is 11.7 Å². The van der Waals surface area contributed by atoms with Gasteiger partial charge in [-0.25, -0.2) is 4.39 Å². The molecule has 1 aliphatic heterocycles. The van der Waals surface area contributed by atoms with Gasteiger partial charge in [0, 0.05) is 31.7 Å². The zero-order valence-corrected chi connectivity index (χ0v) is 13.8. The molecule has 0 atom stereocenters. The first-order valence-electron chi connectivity index (χ1n) is 8.53. The SMILES string of the molecule is O=C(c1cccc(F)c1)N1CCN(CCCc2ccccc2)CC1. The Morgan fingerprint density at radius 3 is 2.42 bits per heavy atom. The van der Waals surface area contributed by atoms with Crippen LogP contribution in [0.4, 0.5) is 4.39 Å². The van der Waals surface area contributed by atoms with Gasteiger partial charge in [-0.15, -0.1) is 0 Å². The first kappa shape index (κ1) is 16.7.